The lowest BCUT2D eigenvalue weighted by Crippen LogP contribution is -2.33. The van der Waals surface area contributed by atoms with Crippen molar-refractivity contribution in [2.75, 3.05) is 25.6 Å². The number of hydrogen-bond donors (Lipinski definition) is 1. The number of benzene rings is 1. The molecule has 0 spiro atoms. The molecular formula is C19H25N3O3. The second kappa shape index (κ2) is 8.78. The van der Waals surface area contributed by atoms with Crippen molar-refractivity contribution in [1.29, 1.82) is 0 Å². The third-order valence-electron chi connectivity index (χ3n) is 4.29. The van der Waals surface area contributed by atoms with Crippen LogP contribution in [-0.4, -0.2) is 42.4 Å². The van der Waals surface area contributed by atoms with Gasteiger partial charge in [0.2, 0.25) is 11.8 Å². The van der Waals surface area contributed by atoms with Crippen LogP contribution in [0.5, 0.6) is 5.88 Å². The molecule has 1 saturated heterocycles. The van der Waals surface area contributed by atoms with E-state index in [1.54, 1.807) is 19.4 Å². The Labute approximate surface area is 148 Å². The summed E-state index contributed by atoms with van der Waals surface area (Å²) in [5, 5.41) is 3.35. The summed E-state index contributed by atoms with van der Waals surface area (Å²) < 4.78 is 17.0. The Kier molecular flexibility index (Phi) is 6.19. The smallest absolute Gasteiger partial charge is 0.226 e. The molecule has 1 aromatic heterocycles. The third kappa shape index (κ3) is 4.90. The molecule has 2 heterocycles. The second-order valence-electron chi connectivity index (χ2n) is 6.13. The molecule has 1 aromatic carbocycles. The molecule has 1 fully saturated rings. The maximum atomic E-state index is 6.44. The number of rotatable bonds is 7. The van der Waals surface area contributed by atoms with E-state index in [0.717, 1.165) is 31.6 Å². The van der Waals surface area contributed by atoms with Crippen LogP contribution in [0, 0.1) is 0 Å². The molecule has 0 radical (unpaired) electrons. The van der Waals surface area contributed by atoms with Crippen LogP contribution in [0.25, 0.3) is 0 Å². The zero-order valence-corrected chi connectivity index (χ0v) is 14.7. The van der Waals surface area contributed by atoms with Crippen molar-refractivity contribution < 1.29 is 14.2 Å². The van der Waals surface area contributed by atoms with E-state index in [0.29, 0.717) is 11.8 Å². The number of hydrogen-bond acceptors (Lipinski definition) is 6. The van der Waals surface area contributed by atoms with Crippen LogP contribution >= 0.6 is 0 Å². The summed E-state index contributed by atoms with van der Waals surface area (Å²) in [6, 6.07) is 12.0. The Hall–Kier alpha value is -2.18. The average Bonchev–Trinajstić information content (AvgIpc) is 2.67. The fraction of sp³-hybridized carbons (Fsp3) is 0.474. The third-order valence-corrected chi connectivity index (χ3v) is 4.29. The van der Waals surface area contributed by atoms with Crippen LogP contribution in [0.2, 0.25) is 0 Å². The first-order valence-corrected chi connectivity index (χ1v) is 8.68. The molecule has 2 aromatic rings. The maximum absolute atomic E-state index is 6.44. The first-order chi connectivity index (χ1) is 12.3. The second-order valence-corrected chi connectivity index (χ2v) is 6.13. The van der Waals surface area contributed by atoms with Crippen molar-refractivity contribution in [3.63, 3.8) is 0 Å². The highest BCUT2D eigenvalue weighted by Gasteiger charge is 2.26. The largest absolute Gasteiger partial charge is 0.481 e. The van der Waals surface area contributed by atoms with E-state index in [9.17, 15) is 0 Å². The molecule has 1 aliphatic heterocycles. The highest BCUT2D eigenvalue weighted by Crippen LogP contribution is 2.27. The van der Waals surface area contributed by atoms with Gasteiger partial charge >= 0.3 is 0 Å². The molecule has 2 atom stereocenters. The van der Waals surface area contributed by atoms with Gasteiger partial charge in [0.1, 0.15) is 6.10 Å². The van der Waals surface area contributed by atoms with E-state index in [1.165, 1.54) is 0 Å². The SMILES string of the molecule is COc1ccnc(NC(C)C(OC2CCOCC2)c2ccccc2)n1. The normalized spacial score (nSPS) is 17.7. The van der Waals surface area contributed by atoms with Crippen molar-refractivity contribution in [2.24, 2.45) is 0 Å². The molecule has 0 saturated carbocycles. The molecule has 0 aliphatic carbocycles. The van der Waals surface area contributed by atoms with E-state index < -0.39 is 0 Å². The summed E-state index contributed by atoms with van der Waals surface area (Å²) >= 11 is 0. The van der Waals surface area contributed by atoms with Gasteiger partial charge in [-0.3, -0.25) is 0 Å². The van der Waals surface area contributed by atoms with Crippen LogP contribution in [0.3, 0.4) is 0 Å². The topological polar surface area (TPSA) is 65.5 Å². The van der Waals surface area contributed by atoms with Crippen LogP contribution in [0.1, 0.15) is 31.4 Å². The van der Waals surface area contributed by atoms with E-state index in [2.05, 4.69) is 34.3 Å². The molecular weight excluding hydrogens is 318 g/mol. The van der Waals surface area contributed by atoms with Gasteiger partial charge in [-0.05, 0) is 25.3 Å². The zero-order valence-electron chi connectivity index (χ0n) is 14.7. The minimum atomic E-state index is -0.0981. The standard InChI is InChI=1S/C19H25N3O3/c1-14(21-19-20-11-8-17(22-19)23-2)18(15-6-4-3-5-7-15)25-16-9-12-24-13-10-16/h3-8,11,14,16,18H,9-10,12-13H2,1-2H3,(H,20,21,22). The summed E-state index contributed by atoms with van der Waals surface area (Å²) in [4.78, 5) is 8.61. The van der Waals surface area contributed by atoms with Gasteiger partial charge in [-0.1, -0.05) is 30.3 Å². The van der Waals surface area contributed by atoms with Gasteiger partial charge in [-0.15, -0.1) is 0 Å². The van der Waals surface area contributed by atoms with Gasteiger partial charge in [0, 0.05) is 25.5 Å². The monoisotopic (exact) mass is 343 g/mol. The van der Waals surface area contributed by atoms with Crippen molar-refractivity contribution >= 4 is 5.95 Å². The zero-order chi connectivity index (χ0) is 17.5. The molecule has 6 heteroatoms. The lowest BCUT2D eigenvalue weighted by atomic mass is 10.0. The predicted molar refractivity (Wildman–Crippen MR) is 95.8 cm³/mol. The Morgan fingerprint density at radius 1 is 1.16 bits per heavy atom. The van der Waals surface area contributed by atoms with E-state index in [-0.39, 0.29) is 18.2 Å². The van der Waals surface area contributed by atoms with Crippen LogP contribution in [-0.2, 0) is 9.47 Å². The summed E-state index contributed by atoms with van der Waals surface area (Å²) in [5.74, 6) is 1.06. The molecule has 2 unspecified atom stereocenters. The lowest BCUT2D eigenvalue weighted by molar-refractivity contribution is -0.0739. The number of ether oxygens (including phenoxy) is 3. The molecule has 1 aliphatic rings. The number of aromatic nitrogens is 2. The molecule has 3 rings (SSSR count). The number of nitrogens with zero attached hydrogens (tertiary/aromatic N) is 2. The van der Waals surface area contributed by atoms with E-state index in [1.807, 2.05) is 18.2 Å². The Morgan fingerprint density at radius 3 is 2.64 bits per heavy atom. The molecule has 0 amide bonds. The van der Waals surface area contributed by atoms with Gasteiger partial charge < -0.3 is 19.5 Å². The number of methoxy groups -OCH3 is 1. The van der Waals surface area contributed by atoms with Gasteiger partial charge in [-0.25, -0.2) is 4.98 Å². The van der Waals surface area contributed by atoms with Crippen LogP contribution in [0.4, 0.5) is 5.95 Å². The summed E-state index contributed by atoms with van der Waals surface area (Å²) in [6.07, 6.45) is 3.63. The van der Waals surface area contributed by atoms with Gasteiger partial charge in [0.05, 0.1) is 19.3 Å². The minimum absolute atomic E-state index is 0.00245. The fourth-order valence-electron chi connectivity index (χ4n) is 2.95. The highest BCUT2D eigenvalue weighted by molar-refractivity contribution is 5.31. The van der Waals surface area contributed by atoms with E-state index >= 15 is 0 Å². The van der Waals surface area contributed by atoms with E-state index in [4.69, 9.17) is 14.2 Å². The van der Waals surface area contributed by atoms with Crippen LogP contribution < -0.4 is 10.1 Å². The van der Waals surface area contributed by atoms with Crippen molar-refractivity contribution in [1.82, 2.24) is 9.97 Å². The van der Waals surface area contributed by atoms with Crippen LogP contribution in [0.15, 0.2) is 42.6 Å². The average molecular weight is 343 g/mol. The summed E-state index contributed by atoms with van der Waals surface area (Å²) in [6.45, 7) is 3.60. The van der Waals surface area contributed by atoms with Crippen molar-refractivity contribution in [3.05, 3.63) is 48.2 Å². The van der Waals surface area contributed by atoms with Crippen molar-refractivity contribution in [2.45, 2.75) is 38.0 Å². The predicted octanol–water partition coefficient (Wildman–Crippen LogP) is 3.22. The Bertz CT molecular complexity index is 647. The minimum Gasteiger partial charge on any atom is -0.481 e. The molecule has 6 nitrogen and oxygen atoms in total. The highest BCUT2D eigenvalue weighted by atomic mass is 16.5. The Balaban J connectivity index is 1.75. The first-order valence-electron chi connectivity index (χ1n) is 8.68. The van der Waals surface area contributed by atoms with Gasteiger partial charge in [-0.2, -0.15) is 4.98 Å². The molecule has 134 valence electrons. The number of nitrogens with one attached hydrogen (secondary N) is 1. The van der Waals surface area contributed by atoms with Gasteiger partial charge in [0.25, 0.3) is 0 Å². The summed E-state index contributed by atoms with van der Waals surface area (Å²) in [5.41, 5.74) is 1.14. The summed E-state index contributed by atoms with van der Waals surface area (Å²) in [7, 11) is 1.59. The van der Waals surface area contributed by atoms with Crippen molar-refractivity contribution in [3.8, 4) is 5.88 Å². The molecule has 1 N–H and O–H groups in total. The quantitative estimate of drug-likeness (QED) is 0.833. The lowest BCUT2D eigenvalue weighted by Gasteiger charge is -2.31. The first kappa shape index (κ1) is 17.6. The fourth-order valence-corrected chi connectivity index (χ4v) is 2.95. The molecule has 25 heavy (non-hydrogen) atoms. The number of anilines is 1. The van der Waals surface area contributed by atoms with Gasteiger partial charge in [0.15, 0.2) is 0 Å². The maximum Gasteiger partial charge on any atom is 0.226 e. The Morgan fingerprint density at radius 2 is 1.92 bits per heavy atom. The molecule has 0 bridgehead atoms.